The van der Waals surface area contributed by atoms with Crippen LogP contribution in [0.5, 0.6) is 0 Å². The van der Waals surface area contributed by atoms with Gasteiger partial charge in [-0.2, -0.15) is 0 Å². The Labute approximate surface area is 150 Å². The van der Waals surface area contributed by atoms with Crippen molar-refractivity contribution < 1.29 is 4.79 Å². The lowest BCUT2D eigenvalue weighted by Gasteiger charge is -2.30. The molecule has 2 aromatic carbocycles. The standard InChI is InChI=1S/C19H25N3O.ClH/c1-3-22(4-2)18(15-8-6-5-7-9-15)14-21-19(23)16-10-12-17(20)13-11-16;/h5-13,18H,3-4,14,20H2,1-2H3,(H,21,23);1H. The fourth-order valence-electron chi connectivity index (χ4n) is 2.72. The third kappa shape index (κ3) is 5.25. The van der Waals surface area contributed by atoms with E-state index >= 15 is 0 Å². The predicted molar refractivity (Wildman–Crippen MR) is 103 cm³/mol. The van der Waals surface area contributed by atoms with Crippen LogP contribution in [0.1, 0.15) is 35.8 Å². The van der Waals surface area contributed by atoms with E-state index in [-0.39, 0.29) is 24.4 Å². The summed E-state index contributed by atoms with van der Waals surface area (Å²) in [5, 5.41) is 3.04. The van der Waals surface area contributed by atoms with Gasteiger partial charge in [-0.25, -0.2) is 0 Å². The fraction of sp³-hybridized carbons (Fsp3) is 0.316. The van der Waals surface area contributed by atoms with Gasteiger partial charge in [-0.3, -0.25) is 9.69 Å². The van der Waals surface area contributed by atoms with Gasteiger partial charge in [0.1, 0.15) is 0 Å². The van der Waals surface area contributed by atoms with Gasteiger partial charge in [0.15, 0.2) is 0 Å². The summed E-state index contributed by atoms with van der Waals surface area (Å²) in [5.74, 6) is -0.0712. The van der Waals surface area contributed by atoms with Gasteiger partial charge < -0.3 is 11.1 Å². The molecule has 24 heavy (non-hydrogen) atoms. The maximum Gasteiger partial charge on any atom is 0.251 e. The van der Waals surface area contributed by atoms with Crippen molar-refractivity contribution in [2.24, 2.45) is 0 Å². The predicted octanol–water partition coefficient (Wildman–Crippen LogP) is 3.50. The van der Waals surface area contributed by atoms with E-state index < -0.39 is 0 Å². The molecule has 0 aliphatic heterocycles. The van der Waals surface area contributed by atoms with Crippen molar-refractivity contribution in [2.45, 2.75) is 19.9 Å². The molecule has 1 atom stereocenters. The number of hydrogen-bond donors (Lipinski definition) is 2. The van der Waals surface area contributed by atoms with Gasteiger partial charge >= 0.3 is 0 Å². The number of carbonyl (C=O) groups is 1. The third-order valence-corrected chi connectivity index (χ3v) is 4.07. The van der Waals surface area contributed by atoms with Gasteiger partial charge in [-0.1, -0.05) is 44.2 Å². The molecule has 0 saturated heterocycles. The minimum absolute atomic E-state index is 0. The van der Waals surface area contributed by atoms with Crippen molar-refractivity contribution in [3.63, 3.8) is 0 Å². The van der Waals surface area contributed by atoms with Crippen molar-refractivity contribution in [1.29, 1.82) is 0 Å². The minimum Gasteiger partial charge on any atom is -0.399 e. The van der Waals surface area contributed by atoms with Gasteiger partial charge in [0.25, 0.3) is 5.91 Å². The van der Waals surface area contributed by atoms with Crippen LogP contribution in [0.3, 0.4) is 0 Å². The Balaban J connectivity index is 0.00000288. The van der Waals surface area contributed by atoms with Gasteiger partial charge in [0.2, 0.25) is 0 Å². The number of likely N-dealkylation sites (N-methyl/N-ethyl adjacent to an activating group) is 1. The number of nitrogens with one attached hydrogen (secondary N) is 1. The molecule has 0 heterocycles. The van der Waals surface area contributed by atoms with Gasteiger partial charge in [0.05, 0.1) is 6.04 Å². The largest absolute Gasteiger partial charge is 0.399 e. The Bertz CT molecular complexity index is 612. The van der Waals surface area contributed by atoms with Crippen LogP contribution in [0.25, 0.3) is 0 Å². The zero-order chi connectivity index (χ0) is 16.7. The summed E-state index contributed by atoms with van der Waals surface area (Å²) in [5.41, 5.74) is 8.17. The zero-order valence-electron chi connectivity index (χ0n) is 14.2. The van der Waals surface area contributed by atoms with Gasteiger partial charge in [-0.15, -0.1) is 12.4 Å². The molecule has 2 aromatic rings. The fourth-order valence-corrected chi connectivity index (χ4v) is 2.72. The van der Waals surface area contributed by atoms with Gasteiger partial charge in [-0.05, 0) is 42.9 Å². The van der Waals surface area contributed by atoms with E-state index in [1.165, 1.54) is 5.56 Å². The number of anilines is 1. The Hall–Kier alpha value is -2.04. The van der Waals surface area contributed by atoms with E-state index in [1.807, 2.05) is 18.2 Å². The molecule has 1 unspecified atom stereocenters. The smallest absolute Gasteiger partial charge is 0.251 e. The molecule has 0 spiro atoms. The van der Waals surface area contributed by atoms with E-state index in [0.29, 0.717) is 17.8 Å². The highest BCUT2D eigenvalue weighted by atomic mass is 35.5. The van der Waals surface area contributed by atoms with Crippen molar-refractivity contribution in [1.82, 2.24) is 10.2 Å². The molecule has 130 valence electrons. The summed E-state index contributed by atoms with van der Waals surface area (Å²) < 4.78 is 0. The topological polar surface area (TPSA) is 58.4 Å². The lowest BCUT2D eigenvalue weighted by Crippen LogP contribution is -2.38. The third-order valence-electron chi connectivity index (χ3n) is 4.07. The Morgan fingerprint density at radius 3 is 2.17 bits per heavy atom. The van der Waals surface area contributed by atoms with Crippen LogP contribution in [0.4, 0.5) is 5.69 Å². The first kappa shape index (κ1) is 20.0. The van der Waals surface area contributed by atoms with Crippen molar-refractivity contribution in [2.75, 3.05) is 25.4 Å². The Morgan fingerprint density at radius 1 is 1.04 bits per heavy atom. The average Bonchev–Trinajstić information content (AvgIpc) is 2.59. The Kier molecular flexibility index (Phi) is 8.30. The lowest BCUT2D eigenvalue weighted by molar-refractivity contribution is 0.0935. The molecule has 2 rings (SSSR count). The summed E-state index contributed by atoms with van der Waals surface area (Å²) in [6.07, 6.45) is 0. The highest BCUT2D eigenvalue weighted by molar-refractivity contribution is 5.94. The first-order valence-electron chi connectivity index (χ1n) is 8.08. The molecule has 5 heteroatoms. The Morgan fingerprint density at radius 2 is 1.62 bits per heavy atom. The van der Waals surface area contributed by atoms with E-state index in [1.54, 1.807) is 24.3 Å². The van der Waals surface area contributed by atoms with Crippen LogP contribution >= 0.6 is 12.4 Å². The van der Waals surface area contributed by atoms with Crippen LogP contribution in [0, 0.1) is 0 Å². The molecular formula is C19H26ClN3O. The zero-order valence-corrected chi connectivity index (χ0v) is 15.1. The van der Waals surface area contributed by atoms with Gasteiger partial charge in [0, 0.05) is 17.8 Å². The SMILES string of the molecule is CCN(CC)C(CNC(=O)c1ccc(N)cc1)c1ccccc1.Cl. The second-order valence-electron chi connectivity index (χ2n) is 5.48. The number of nitrogens with zero attached hydrogens (tertiary/aromatic N) is 1. The average molecular weight is 348 g/mol. The maximum absolute atomic E-state index is 12.3. The van der Waals surface area contributed by atoms with E-state index in [9.17, 15) is 4.79 Å². The number of carbonyl (C=O) groups excluding carboxylic acids is 1. The highest BCUT2D eigenvalue weighted by Crippen LogP contribution is 2.19. The first-order valence-corrected chi connectivity index (χ1v) is 8.08. The first-order chi connectivity index (χ1) is 11.2. The number of amides is 1. The minimum atomic E-state index is -0.0712. The highest BCUT2D eigenvalue weighted by Gasteiger charge is 2.18. The molecule has 0 radical (unpaired) electrons. The van der Waals surface area contributed by atoms with E-state index in [4.69, 9.17) is 5.73 Å². The number of nitrogens with two attached hydrogens (primary N) is 1. The molecule has 0 fully saturated rings. The molecule has 0 aromatic heterocycles. The molecule has 0 saturated carbocycles. The monoisotopic (exact) mass is 347 g/mol. The van der Waals surface area contributed by atoms with Crippen LogP contribution < -0.4 is 11.1 Å². The van der Waals surface area contributed by atoms with Crippen LogP contribution in [0.15, 0.2) is 54.6 Å². The molecule has 4 nitrogen and oxygen atoms in total. The molecular weight excluding hydrogens is 322 g/mol. The summed E-state index contributed by atoms with van der Waals surface area (Å²) >= 11 is 0. The van der Waals surface area contributed by atoms with Crippen molar-refractivity contribution >= 4 is 24.0 Å². The second-order valence-corrected chi connectivity index (χ2v) is 5.48. The van der Waals surface area contributed by atoms with E-state index in [0.717, 1.165) is 13.1 Å². The lowest BCUT2D eigenvalue weighted by atomic mass is 10.0. The second kappa shape index (κ2) is 9.96. The number of rotatable bonds is 7. The number of nitrogen functional groups attached to an aromatic ring is 1. The van der Waals surface area contributed by atoms with Crippen molar-refractivity contribution in [3.05, 3.63) is 65.7 Å². The maximum atomic E-state index is 12.3. The van der Waals surface area contributed by atoms with Crippen molar-refractivity contribution in [3.8, 4) is 0 Å². The summed E-state index contributed by atoms with van der Waals surface area (Å²) in [6, 6.07) is 17.5. The summed E-state index contributed by atoms with van der Waals surface area (Å²) in [6.45, 7) is 6.74. The van der Waals surface area contributed by atoms with Crippen LogP contribution in [0.2, 0.25) is 0 Å². The quantitative estimate of drug-likeness (QED) is 0.753. The number of hydrogen-bond acceptors (Lipinski definition) is 3. The molecule has 1 amide bonds. The number of halogens is 1. The molecule has 0 aliphatic carbocycles. The van der Waals surface area contributed by atoms with Crippen LogP contribution in [-0.2, 0) is 0 Å². The molecule has 0 bridgehead atoms. The number of benzene rings is 2. The normalized spacial score (nSPS) is 11.6. The van der Waals surface area contributed by atoms with E-state index in [2.05, 4.69) is 36.2 Å². The van der Waals surface area contributed by atoms with Crippen LogP contribution in [-0.4, -0.2) is 30.4 Å². The summed E-state index contributed by atoms with van der Waals surface area (Å²) in [4.78, 5) is 14.7. The molecule has 3 N–H and O–H groups in total. The summed E-state index contributed by atoms with van der Waals surface area (Å²) in [7, 11) is 0. The molecule has 0 aliphatic rings.